The molecule has 2 aromatic rings. The summed E-state index contributed by atoms with van der Waals surface area (Å²) >= 11 is 6.08. The minimum absolute atomic E-state index is 0.294. The molecule has 1 N–H and O–H groups in total. The minimum Gasteiger partial charge on any atom is -0.313 e. The van der Waals surface area contributed by atoms with E-state index in [1.807, 2.05) is 26.8 Å². The molecular formula is C14H17ClFN3. The standard InChI is InChI=1S/C14H17ClFN3/c1-4-17-8-11-5-6-13(12(16)7-11)19-10(3)14(15)9(2)18-19/h5-7,17H,4,8H2,1-3H3. The summed E-state index contributed by atoms with van der Waals surface area (Å²) in [5.41, 5.74) is 2.79. The Kier molecular flexibility index (Phi) is 4.22. The molecule has 2 rings (SSSR count). The van der Waals surface area contributed by atoms with Crippen LogP contribution in [0.2, 0.25) is 5.02 Å². The number of hydrogen-bond acceptors (Lipinski definition) is 2. The fourth-order valence-electron chi connectivity index (χ4n) is 1.96. The van der Waals surface area contributed by atoms with Crippen molar-refractivity contribution in [3.8, 4) is 5.69 Å². The van der Waals surface area contributed by atoms with E-state index in [1.54, 1.807) is 10.7 Å². The van der Waals surface area contributed by atoms with Crippen molar-refractivity contribution < 1.29 is 4.39 Å². The third-order valence-electron chi connectivity index (χ3n) is 3.02. The van der Waals surface area contributed by atoms with Gasteiger partial charge in [-0.25, -0.2) is 9.07 Å². The van der Waals surface area contributed by atoms with Crippen LogP contribution in [0.4, 0.5) is 4.39 Å². The van der Waals surface area contributed by atoms with Crippen molar-refractivity contribution in [1.82, 2.24) is 15.1 Å². The number of hydrogen-bond donors (Lipinski definition) is 1. The van der Waals surface area contributed by atoms with Crippen LogP contribution in [-0.4, -0.2) is 16.3 Å². The van der Waals surface area contributed by atoms with E-state index in [0.29, 0.717) is 22.9 Å². The molecule has 0 saturated heterocycles. The lowest BCUT2D eigenvalue weighted by atomic mass is 10.2. The molecule has 19 heavy (non-hydrogen) atoms. The smallest absolute Gasteiger partial charge is 0.149 e. The van der Waals surface area contributed by atoms with E-state index in [1.165, 1.54) is 6.07 Å². The molecule has 0 bridgehead atoms. The molecule has 1 aromatic heterocycles. The normalized spacial score (nSPS) is 11.0. The maximum Gasteiger partial charge on any atom is 0.149 e. The lowest BCUT2D eigenvalue weighted by molar-refractivity contribution is 0.603. The lowest BCUT2D eigenvalue weighted by Gasteiger charge is -2.08. The largest absolute Gasteiger partial charge is 0.313 e. The maximum atomic E-state index is 14.2. The Labute approximate surface area is 117 Å². The van der Waals surface area contributed by atoms with Crippen LogP contribution in [0.15, 0.2) is 18.2 Å². The van der Waals surface area contributed by atoms with Gasteiger partial charge in [0.25, 0.3) is 0 Å². The highest BCUT2D eigenvalue weighted by atomic mass is 35.5. The molecule has 5 heteroatoms. The van der Waals surface area contributed by atoms with Crippen molar-refractivity contribution in [3.05, 3.63) is 46.0 Å². The second-order valence-corrected chi connectivity index (χ2v) is 4.84. The van der Waals surface area contributed by atoms with Crippen LogP contribution in [0.5, 0.6) is 0 Å². The maximum absolute atomic E-state index is 14.2. The highest BCUT2D eigenvalue weighted by Crippen LogP contribution is 2.24. The predicted octanol–water partition coefficient (Wildman–Crippen LogP) is 3.39. The van der Waals surface area contributed by atoms with E-state index in [4.69, 9.17) is 11.6 Å². The summed E-state index contributed by atoms with van der Waals surface area (Å²) in [4.78, 5) is 0. The highest BCUT2D eigenvalue weighted by molar-refractivity contribution is 6.31. The summed E-state index contributed by atoms with van der Waals surface area (Å²) in [6.07, 6.45) is 0. The van der Waals surface area contributed by atoms with Crippen LogP contribution in [0.25, 0.3) is 5.69 Å². The van der Waals surface area contributed by atoms with Crippen LogP contribution in [0.1, 0.15) is 23.9 Å². The van der Waals surface area contributed by atoms with Crippen LogP contribution >= 0.6 is 11.6 Å². The molecule has 1 heterocycles. The zero-order valence-electron chi connectivity index (χ0n) is 11.3. The van der Waals surface area contributed by atoms with Gasteiger partial charge in [0.2, 0.25) is 0 Å². The second kappa shape index (κ2) is 5.72. The number of benzene rings is 1. The molecule has 0 aliphatic rings. The highest BCUT2D eigenvalue weighted by Gasteiger charge is 2.14. The first-order valence-corrected chi connectivity index (χ1v) is 6.63. The molecule has 3 nitrogen and oxygen atoms in total. The molecule has 0 fully saturated rings. The molecular weight excluding hydrogens is 265 g/mol. The van der Waals surface area contributed by atoms with Crippen molar-refractivity contribution in [1.29, 1.82) is 0 Å². The topological polar surface area (TPSA) is 29.9 Å². The van der Waals surface area contributed by atoms with Gasteiger partial charge in [0, 0.05) is 6.54 Å². The van der Waals surface area contributed by atoms with Gasteiger partial charge in [-0.3, -0.25) is 0 Å². The monoisotopic (exact) mass is 281 g/mol. The van der Waals surface area contributed by atoms with Crippen LogP contribution < -0.4 is 5.32 Å². The van der Waals surface area contributed by atoms with Crippen molar-refractivity contribution in [2.75, 3.05) is 6.54 Å². The molecule has 0 amide bonds. The summed E-state index contributed by atoms with van der Waals surface area (Å²) in [6.45, 7) is 7.17. The Morgan fingerprint density at radius 1 is 1.37 bits per heavy atom. The van der Waals surface area contributed by atoms with Gasteiger partial charge >= 0.3 is 0 Å². The summed E-state index contributed by atoms with van der Waals surface area (Å²) < 4.78 is 15.7. The van der Waals surface area contributed by atoms with Gasteiger partial charge in [0.15, 0.2) is 0 Å². The number of aromatic nitrogens is 2. The number of halogens is 2. The summed E-state index contributed by atoms with van der Waals surface area (Å²) in [5, 5.41) is 8.01. The second-order valence-electron chi connectivity index (χ2n) is 4.46. The van der Waals surface area contributed by atoms with Crippen molar-refractivity contribution in [2.24, 2.45) is 0 Å². The van der Waals surface area contributed by atoms with E-state index < -0.39 is 0 Å². The van der Waals surface area contributed by atoms with Gasteiger partial charge < -0.3 is 5.32 Å². The molecule has 0 atom stereocenters. The van der Waals surface area contributed by atoms with Gasteiger partial charge in [-0.05, 0) is 38.1 Å². The average molecular weight is 282 g/mol. The summed E-state index contributed by atoms with van der Waals surface area (Å²) in [7, 11) is 0. The van der Waals surface area contributed by atoms with E-state index in [9.17, 15) is 4.39 Å². The van der Waals surface area contributed by atoms with Crippen molar-refractivity contribution in [3.63, 3.8) is 0 Å². The Morgan fingerprint density at radius 3 is 2.63 bits per heavy atom. The lowest BCUT2D eigenvalue weighted by Crippen LogP contribution is -2.12. The predicted molar refractivity (Wildman–Crippen MR) is 75.4 cm³/mol. The quantitative estimate of drug-likeness (QED) is 0.931. The van der Waals surface area contributed by atoms with Crippen molar-refractivity contribution >= 4 is 11.6 Å². The van der Waals surface area contributed by atoms with E-state index in [-0.39, 0.29) is 5.82 Å². The minimum atomic E-state index is -0.294. The Morgan fingerprint density at radius 2 is 2.11 bits per heavy atom. The third-order valence-corrected chi connectivity index (χ3v) is 3.57. The van der Waals surface area contributed by atoms with Crippen molar-refractivity contribution in [2.45, 2.75) is 27.3 Å². The Hall–Kier alpha value is -1.39. The Bertz CT molecular complexity index is 593. The van der Waals surface area contributed by atoms with Gasteiger partial charge in [-0.1, -0.05) is 24.6 Å². The summed E-state index contributed by atoms with van der Waals surface area (Å²) in [6, 6.07) is 5.16. The molecule has 0 radical (unpaired) electrons. The van der Waals surface area contributed by atoms with E-state index in [2.05, 4.69) is 10.4 Å². The molecule has 0 aliphatic carbocycles. The molecule has 0 spiro atoms. The Balaban J connectivity index is 2.37. The van der Waals surface area contributed by atoms with Gasteiger partial charge in [-0.15, -0.1) is 0 Å². The zero-order valence-corrected chi connectivity index (χ0v) is 12.1. The third kappa shape index (κ3) is 2.80. The SMILES string of the molecule is CCNCc1ccc(-n2nc(C)c(Cl)c2C)c(F)c1. The van der Waals surface area contributed by atoms with Crippen LogP contribution in [0.3, 0.4) is 0 Å². The molecule has 0 aliphatic heterocycles. The van der Waals surface area contributed by atoms with E-state index in [0.717, 1.165) is 17.8 Å². The molecule has 0 unspecified atom stereocenters. The number of aryl methyl sites for hydroxylation is 1. The summed E-state index contributed by atoms with van der Waals surface area (Å²) in [5.74, 6) is -0.294. The number of nitrogens with zero attached hydrogens (tertiary/aromatic N) is 2. The van der Waals surface area contributed by atoms with E-state index >= 15 is 0 Å². The van der Waals surface area contributed by atoms with Gasteiger partial charge in [0.1, 0.15) is 11.5 Å². The average Bonchev–Trinajstić information content (AvgIpc) is 2.64. The first kappa shape index (κ1) is 14.0. The molecule has 0 saturated carbocycles. The fourth-order valence-corrected chi connectivity index (χ4v) is 2.08. The van der Waals surface area contributed by atoms with Gasteiger partial charge in [0.05, 0.1) is 16.4 Å². The zero-order chi connectivity index (χ0) is 14.0. The number of nitrogens with one attached hydrogen (secondary N) is 1. The van der Waals surface area contributed by atoms with Gasteiger partial charge in [-0.2, -0.15) is 5.10 Å². The molecule has 1 aromatic carbocycles. The van der Waals surface area contributed by atoms with Crippen LogP contribution in [-0.2, 0) is 6.54 Å². The first-order chi connectivity index (χ1) is 9.04. The molecule has 102 valence electrons. The van der Waals surface area contributed by atoms with Crippen LogP contribution in [0, 0.1) is 19.7 Å². The number of rotatable bonds is 4. The first-order valence-electron chi connectivity index (χ1n) is 6.25. The fraction of sp³-hybridized carbons (Fsp3) is 0.357.